The molecule has 3 amide bonds. The first kappa shape index (κ1) is 21.1. The predicted octanol–water partition coefficient (Wildman–Crippen LogP) is 2.78. The number of anilines is 2. The maximum atomic E-state index is 12.5. The summed E-state index contributed by atoms with van der Waals surface area (Å²) in [7, 11) is 1.24. The number of Topliss-reactive ketones (excluding diaryl/α,β-unsaturated/α-hetero) is 1. The third-order valence-corrected chi connectivity index (χ3v) is 4.75. The van der Waals surface area contributed by atoms with Gasteiger partial charge in [-0.2, -0.15) is 0 Å². The lowest BCUT2D eigenvalue weighted by atomic mass is 10.1. The summed E-state index contributed by atoms with van der Waals surface area (Å²) in [6.45, 7) is 3.01. The molecule has 0 spiro atoms. The number of aromatic amines is 1. The van der Waals surface area contributed by atoms with Gasteiger partial charge in [0.15, 0.2) is 5.78 Å². The second-order valence-corrected chi connectivity index (χ2v) is 7.20. The van der Waals surface area contributed by atoms with E-state index in [2.05, 4.69) is 20.9 Å². The number of hydrogen-bond acceptors (Lipinski definition) is 5. The Balaban J connectivity index is 1.65. The Morgan fingerprint density at radius 3 is 2.20 bits per heavy atom. The molecule has 1 aromatic carbocycles. The van der Waals surface area contributed by atoms with E-state index in [1.807, 2.05) is 0 Å². The molecule has 9 nitrogen and oxygen atoms in total. The van der Waals surface area contributed by atoms with E-state index < -0.39 is 5.97 Å². The normalized spacial score (nSPS) is 12.8. The molecule has 1 fully saturated rings. The minimum atomic E-state index is -0.612. The lowest BCUT2D eigenvalue weighted by Crippen LogP contribution is -2.30. The van der Waals surface area contributed by atoms with Crippen molar-refractivity contribution < 1.29 is 23.9 Å². The van der Waals surface area contributed by atoms with E-state index in [0.717, 1.165) is 12.8 Å². The molecular weight excluding hydrogens is 388 g/mol. The van der Waals surface area contributed by atoms with Crippen molar-refractivity contribution in [2.45, 2.75) is 39.2 Å². The van der Waals surface area contributed by atoms with Crippen molar-refractivity contribution in [1.29, 1.82) is 0 Å². The number of carbonyl (C=O) groups is 4. The Morgan fingerprint density at radius 1 is 1.07 bits per heavy atom. The summed E-state index contributed by atoms with van der Waals surface area (Å²) in [5.74, 6) is -1.22. The van der Waals surface area contributed by atoms with Gasteiger partial charge < -0.3 is 25.7 Å². The van der Waals surface area contributed by atoms with Crippen molar-refractivity contribution in [3.8, 4) is 0 Å². The van der Waals surface area contributed by atoms with E-state index in [4.69, 9.17) is 4.74 Å². The predicted molar refractivity (Wildman–Crippen MR) is 111 cm³/mol. The average Bonchev–Trinajstić information content (AvgIpc) is 3.44. The molecule has 9 heteroatoms. The smallest absolute Gasteiger partial charge is 0.339 e. The highest BCUT2D eigenvalue weighted by Crippen LogP contribution is 2.22. The van der Waals surface area contributed by atoms with E-state index in [1.165, 1.54) is 14.0 Å². The summed E-state index contributed by atoms with van der Waals surface area (Å²) in [6.07, 6.45) is 1.87. The number of hydrogen-bond donors (Lipinski definition) is 4. The lowest BCUT2D eigenvalue weighted by Gasteiger charge is -2.09. The Hall–Kier alpha value is -3.62. The molecule has 1 aromatic heterocycles. The van der Waals surface area contributed by atoms with Gasteiger partial charge in [-0.15, -0.1) is 0 Å². The van der Waals surface area contributed by atoms with Crippen LogP contribution in [0.1, 0.15) is 51.9 Å². The number of benzene rings is 1. The van der Waals surface area contributed by atoms with Crippen molar-refractivity contribution in [3.63, 3.8) is 0 Å². The van der Waals surface area contributed by atoms with E-state index in [-0.39, 0.29) is 41.4 Å². The number of esters is 1. The fourth-order valence-electron chi connectivity index (χ4n) is 3.10. The number of carbonyl (C=O) groups excluding carboxylic acids is 4. The topological polar surface area (TPSA) is 129 Å². The molecule has 2 aromatic rings. The summed E-state index contributed by atoms with van der Waals surface area (Å²) in [6, 6.07) is 6.68. The zero-order valence-electron chi connectivity index (χ0n) is 17.0. The first-order valence-electron chi connectivity index (χ1n) is 9.56. The summed E-state index contributed by atoms with van der Waals surface area (Å²) >= 11 is 0. The molecule has 0 atom stereocenters. The summed E-state index contributed by atoms with van der Waals surface area (Å²) in [5.41, 5.74) is 2.37. The van der Waals surface area contributed by atoms with Crippen LogP contribution in [-0.4, -0.2) is 41.8 Å². The van der Waals surface area contributed by atoms with Crippen LogP contribution in [0, 0.1) is 6.92 Å². The Labute approximate surface area is 173 Å². The van der Waals surface area contributed by atoms with E-state index >= 15 is 0 Å². The Kier molecular flexibility index (Phi) is 6.20. The first-order chi connectivity index (χ1) is 14.3. The number of urea groups is 1. The molecule has 0 aliphatic heterocycles. The van der Waals surface area contributed by atoms with Gasteiger partial charge in [-0.05, 0) is 49.6 Å². The fraction of sp³-hybridized carbons (Fsp3) is 0.333. The number of nitrogens with one attached hydrogen (secondary N) is 4. The highest BCUT2D eigenvalue weighted by molar-refractivity contribution is 6.02. The van der Waals surface area contributed by atoms with Gasteiger partial charge >= 0.3 is 12.0 Å². The van der Waals surface area contributed by atoms with Gasteiger partial charge in [0.2, 0.25) is 5.91 Å². The van der Waals surface area contributed by atoms with Crippen LogP contribution in [0.15, 0.2) is 24.3 Å². The van der Waals surface area contributed by atoms with E-state index in [1.54, 1.807) is 31.2 Å². The highest BCUT2D eigenvalue weighted by atomic mass is 16.5. The van der Waals surface area contributed by atoms with E-state index in [0.29, 0.717) is 22.6 Å². The minimum Gasteiger partial charge on any atom is -0.465 e. The van der Waals surface area contributed by atoms with Crippen LogP contribution in [0.25, 0.3) is 0 Å². The molecule has 158 valence electrons. The molecule has 0 saturated heterocycles. The van der Waals surface area contributed by atoms with Crippen LogP contribution in [0.2, 0.25) is 0 Å². The number of rotatable bonds is 7. The van der Waals surface area contributed by atoms with Crippen LogP contribution in [-0.2, 0) is 16.0 Å². The number of methoxy groups -OCH3 is 1. The van der Waals surface area contributed by atoms with Gasteiger partial charge in [0.1, 0.15) is 0 Å². The molecule has 1 aliphatic carbocycles. The zero-order valence-corrected chi connectivity index (χ0v) is 17.0. The molecule has 0 unspecified atom stereocenters. The minimum absolute atomic E-state index is 0.137. The van der Waals surface area contributed by atoms with Crippen molar-refractivity contribution >= 4 is 35.1 Å². The fourth-order valence-corrected chi connectivity index (χ4v) is 3.10. The molecule has 1 heterocycles. The van der Waals surface area contributed by atoms with Crippen LogP contribution >= 0.6 is 0 Å². The number of ketones is 1. The molecule has 1 saturated carbocycles. The van der Waals surface area contributed by atoms with Crippen LogP contribution in [0.3, 0.4) is 0 Å². The summed E-state index contributed by atoms with van der Waals surface area (Å²) in [5, 5.41) is 8.28. The third-order valence-electron chi connectivity index (χ3n) is 4.75. The van der Waals surface area contributed by atoms with Gasteiger partial charge in [0.25, 0.3) is 0 Å². The average molecular weight is 412 g/mol. The molecule has 0 radical (unpaired) electrons. The second kappa shape index (κ2) is 8.81. The summed E-state index contributed by atoms with van der Waals surface area (Å²) in [4.78, 5) is 51.0. The Morgan fingerprint density at radius 2 is 1.67 bits per heavy atom. The van der Waals surface area contributed by atoms with Gasteiger partial charge in [0.05, 0.1) is 24.8 Å². The molecule has 0 bridgehead atoms. The van der Waals surface area contributed by atoms with Crippen molar-refractivity contribution in [2.75, 3.05) is 17.7 Å². The second-order valence-electron chi connectivity index (χ2n) is 7.20. The number of amides is 3. The van der Waals surface area contributed by atoms with Crippen molar-refractivity contribution in [1.82, 2.24) is 10.3 Å². The maximum Gasteiger partial charge on any atom is 0.339 e. The molecule has 30 heavy (non-hydrogen) atoms. The van der Waals surface area contributed by atoms with Crippen LogP contribution in [0.4, 0.5) is 16.2 Å². The quantitative estimate of drug-likeness (QED) is 0.410. The highest BCUT2D eigenvalue weighted by Gasteiger charge is 2.25. The van der Waals surface area contributed by atoms with Crippen molar-refractivity contribution in [3.05, 3.63) is 46.8 Å². The van der Waals surface area contributed by atoms with Crippen LogP contribution < -0.4 is 16.0 Å². The number of H-pyrrole nitrogens is 1. The molecular formula is C21H24N4O5. The van der Waals surface area contributed by atoms with Gasteiger partial charge in [-0.3, -0.25) is 9.59 Å². The SMILES string of the molecule is COC(=O)c1c(CC(=O)Nc2ccc(NC(=O)NC3CC3)cc2)[nH]c(C(C)=O)c1C. The Bertz CT molecular complexity index is 990. The first-order valence-corrected chi connectivity index (χ1v) is 9.56. The standard InChI is InChI=1S/C21H24N4O5/c1-11-18(20(28)30-3)16(25-19(11)12(2)26)10-17(27)22-13-4-6-14(7-5-13)23-21(29)24-15-8-9-15/h4-7,15,25H,8-10H2,1-3H3,(H,22,27)(H2,23,24,29). The monoisotopic (exact) mass is 412 g/mol. The largest absolute Gasteiger partial charge is 0.465 e. The molecule has 1 aliphatic rings. The van der Waals surface area contributed by atoms with Gasteiger partial charge in [-0.1, -0.05) is 0 Å². The number of aromatic nitrogens is 1. The number of ether oxygens (including phenoxy) is 1. The maximum absolute atomic E-state index is 12.5. The van der Waals surface area contributed by atoms with Crippen LogP contribution in [0.5, 0.6) is 0 Å². The third kappa shape index (κ3) is 5.05. The zero-order chi connectivity index (χ0) is 21.8. The molecule has 3 rings (SSSR count). The van der Waals surface area contributed by atoms with Crippen molar-refractivity contribution in [2.24, 2.45) is 0 Å². The van der Waals surface area contributed by atoms with Gasteiger partial charge in [0, 0.05) is 30.0 Å². The summed E-state index contributed by atoms with van der Waals surface area (Å²) < 4.78 is 4.78. The van der Waals surface area contributed by atoms with E-state index in [9.17, 15) is 19.2 Å². The molecule has 4 N–H and O–H groups in total. The lowest BCUT2D eigenvalue weighted by molar-refractivity contribution is -0.115. The van der Waals surface area contributed by atoms with Gasteiger partial charge in [-0.25, -0.2) is 9.59 Å².